The molecule has 0 bridgehead atoms. The second kappa shape index (κ2) is 7.36. The van der Waals surface area contributed by atoms with Gasteiger partial charge in [-0.2, -0.15) is 0 Å². The first-order valence-electron chi connectivity index (χ1n) is 7.57. The fourth-order valence-corrected chi connectivity index (χ4v) is 2.50. The first-order valence-corrected chi connectivity index (χ1v) is 7.97. The van der Waals surface area contributed by atoms with E-state index in [1.54, 1.807) is 0 Å². The van der Waals surface area contributed by atoms with Gasteiger partial charge in [-0.05, 0) is 67.7 Å². The Labute approximate surface area is 138 Å². The molecular weight excluding hydrogens is 290 g/mol. The van der Waals surface area contributed by atoms with E-state index in [9.17, 15) is 0 Å². The molecular formula is C18H23N3S. The van der Waals surface area contributed by atoms with Crippen molar-refractivity contribution >= 4 is 23.1 Å². The van der Waals surface area contributed by atoms with Crippen molar-refractivity contribution in [3.63, 3.8) is 0 Å². The molecule has 0 fully saturated rings. The molecule has 0 aliphatic rings. The summed E-state index contributed by atoms with van der Waals surface area (Å²) >= 11 is 5.41. The number of benzene rings is 1. The number of pyridine rings is 1. The summed E-state index contributed by atoms with van der Waals surface area (Å²) in [5.41, 5.74) is 5.00. The second-order valence-corrected chi connectivity index (χ2v) is 6.03. The zero-order valence-corrected chi connectivity index (χ0v) is 14.4. The summed E-state index contributed by atoms with van der Waals surface area (Å²) in [6, 6.07) is 10.7. The molecule has 0 unspecified atom stereocenters. The summed E-state index contributed by atoms with van der Waals surface area (Å²) in [5.74, 6) is 0.762. The Morgan fingerprint density at radius 1 is 1.14 bits per heavy atom. The second-order valence-electron chi connectivity index (χ2n) is 5.62. The number of nitrogens with zero attached hydrogens (tertiary/aromatic N) is 1. The SMILES string of the molecule is CC[C@H](NC(=S)Nc1ccc(C)cn1)c1ccc(C)c(C)c1. The molecule has 0 aliphatic heterocycles. The number of aromatic nitrogens is 1. The highest BCUT2D eigenvalue weighted by atomic mass is 32.1. The Bertz CT molecular complexity index is 650. The van der Waals surface area contributed by atoms with Crippen LogP contribution in [0, 0.1) is 20.8 Å². The smallest absolute Gasteiger partial charge is 0.172 e. The van der Waals surface area contributed by atoms with Gasteiger partial charge in [0, 0.05) is 6.20 Å². The first-order chi connectivity index (χ1) is 10.5. The summed E-state index contributed by atoms with van der Waals surface area (Å²) in [6.45, 7) is 8.43. The largest absolute Gasteiger partial charge is 0.356 e. The van der Waals surface area contributed by atoms with E-state index in [1.165, 1.54) is 16.7 Å². The van der Waals surface area contributed by atoms with Crippen molar-refractivity contribution in [1.82, 2.24) is 10.3 Å². The van der Waals surface area contributed by atoms with E-state index in [0.717, 1.165) is 17.8 Å². The minimum Gasteiger partial charge on any atom is -0.356 e. The molecule has 2 N–H and O–H groups in total. The molecule has 2 rings (SSSR count). The molecule has 4 heteroatoms. The van der Waals surface area contributed by atoms with E-state index in [2.05, 4.69) is 54.6 Å². The minimum absolute atomic E-state index is 0.199. The lowest BCUT2D eigenvalue weighted by Crippen LogP contribution is -2.32. The van der Waals surface area contributed by atoms with Crippen LogP contribution in [0.15, 0.2) is 36.5 Å². The number of thiocarbonyl (C=S) groups is 1. The summed E-state index contributed by atoms with van der Waals surface area (Å²) in [6.07, 6.45) is 2.79. The molecule has 0 aliphatic carbocycles. The Kier molecular flexibility index (Phi) is 5.50. The van der Waals surface area contributed by atoms with Gasteiger partial charge in [0.15, 0.2) is 5.11 Å². The maximum Gasteiger partial charge on any atom is 0.172 e. The van der Waals surface area contributed by atoms with Gasteiger partial charge in [-0.15, -0.1) is 0 Å². The van der Waals surface area contributed by atoms with Crippen molar-refractivity contribution in [3.05, 3.63) is 58.8 Å². The van der Waals surface area contributed by atoms with E-state index in [0.29, 0.717) is 5.11 Å². The molecule has 0 saturated carbocycles. The standard InChI is InChI=1S/C18H23N3S/c1-5-16(15-8-7-13(3)14(4)10-15)20-18(22)21-17-9-6-12(2)11-19-17/h6-11,16H,5H2,1-4H3,(H2,19,20,21,22)/t16-/m0/s1. The molecule has 22 heavy (non-hydrogen) atoms. The molecule has 2 aromatic rings. The predicted octanol–water partition coefficient (Wildman–Crippen LogP) is 4.44. The number of rotatable bonds is 4. The minimum atomic E-state index is 0.199. The van der Waals surface area contributed by atoms with Gasteiger partial charge < -0.3 is 10.6 Å². The number of anilines is 1. The van der Waals surface area contributed by atoms with Gasteiger partial charge in [-0.3, -0.25) is 0 Å². The predicted molar refractivity (Wildman–Crippen MR) is 97.3 cm³/mol. The molecule has 0 spiro atoms. The summed E-state index contributed by atoms with van der Waals surface area (Å²) in [5, 5.41) is 7.11. The zero-order chi connectivity index (χ0) is 16.1. The number of hydrogen-bond donors (Lipinski definition) is 2. The van der Waals surface area contributed by atoms with Crippen molar-refractivity contribution in [3.8, 4) is 0 Å². The van der Waals surface area contributed by atoms with Crippen LogP contribution in [0.3, 0.4) is 0 Å². The topological polar surface area (TPSA) is 37.0 Å². The summed E-state index contributed by atoms with van der Waals surface area (Å²) in [7, 11) is 0. The molecule has 1 heterocycles. The molecule has 1 aromatic carbocycles. The van der Waals surface area contributed by atoms with E-state index in [-0.39, 0.29) is 6.04 Å². The molecule has 116 valence electrons. The normalized spacial score (nSPS) is 11.8. The quantitative estimate of drug-likeness (QED) is 0.818. The van der Waals surface area contributed by atoms with Gasteiger partial charge in [0.25, 0.3) is 0 Å². The maximum atomic E-state index is 5.41. The molecule has 1 atom stereocenters. The molecule has 0 saturated heterocycles. The average Bonchev–Trinajstić information content (AvgIpc) is 2.50. The van der Waals surface area contributed by atoms with E-state index in [4.69, 9.17) is 12.2 Å². The highest BCUT2D eigenvalue weighted by molar-refractivity contribution is 7.80. The Balaban J connectivity index is 2.04. The van der Waals surface area contributed by atoms with Crippen LogP contribution in [0.25, 0.3) is 0 Å². The van der Waals surface area contributed by atoms with Crippen LogP contribution in [0.2, 0.25) is 0 Å². The van der Waals surface area contributed by atoms with E-state index in [1.807, 2.05) is 25.3 Å². The van der Waals surface area contributed by atoms with Crippen molar-refractivity contribution in [2.45, 2.75) is 40.2 Å². The van der Waals surface area contributed by atoms with Crippen molar-refractivity contribution in [2.24, 2.45) is 0 Å². The van der Waals surface area contributed by atoms with E-state index >= 15 is 0 Å². The Hall–Kier alpha value is -1.94. The van der Waals surface area contributed by atoms with E-state index < -0.39 is 0 Å². The number of hydrogen-bond acceptors (Lipinski definition) is 2. The molecule has 0 amide bonds. The summed E-state index contributed by atoms with van der Waals surface area (Å²) in [4.78, 5) is 4.31. The van der Waals surface area contributed by atoms with Crippen LogP contribution in [0.5, 0.6) is 0 Å². The highest BCUT2D eigenvalue weighted by Gasteiger charge is 2.11. The lowest BCUT2D eigenvalue weighted by molar-refractivity contribution is 0.628. The maximum absolute atomic E-state index is 5.41. The van der Waals surface area contributed by atoms with Crippen LogP contribution >= 0.6 is 12.2 Å². The number of aryl methyl sites for hydroxylation is 3. The highest BCUT2D eigenvalue weighted by Crippen LogP contribution is 2.20. The Morgan fingerprint density at radius 2 is 1.91 bits per heavy atom. The first kappa shape index (κ1) is 16.4. The van der Waals surface area contributed by atoms with Crippen LogP contribution in [0.4, 0.5) is 5.82 Å². The van der Waals surface area contributed by atoms with Gasteiger partial charge in [0.1, 0.15) is 5.82 Å². The number of nitrogens with one attached hydrogen (secondary N) is 2. The van der Waals surface area contributed by atoms with Gasteiger partial charge >= 0.3 is 0 Å². The average molecular weight is 313 g/mol. The van der Waals surface area contributed by atoms with Crippen molar-refractivity contribution in [1.29, 1.82) is 0 Å². The van der Waals surface area contributed by atoms with Crippen molar-refractivity contribution in [2.75, 3.05) is 5.32 Å². The fourth-order valence-electron chi connectivity index (χ4n) is 2.25. The Morgan fingerprint density at radius 3 is 2.50 bits per heavy atom. The van der Waals surface area contributed by atoms with Gasteiger partial charge in [0.05, 0.1) is 6.04 Å². The fraction of sp³-hybridized carbons (Fsp3) is 0.333. The summed E-state index contributed by atoms with van der Waals surface area (Å²) < 4.78 is 0. The molecule has 1 aromatic heterocycles. The van der Waals surface area contributed by atoms with Gasteiger partial charge in [-0.25, -0.2) is 4.98 Å². The van der Waals surface area contributed by atoms with Gasteiger partial charge in [0.2, 0.25) is 0 Å². The van der Waals surface area contributed by atoms with Crippen LogP contribution in [0.1, 0.15) is 41.6 Å². The third-order valence-corrected chi connectivity index (χ3v) is 4.02. The van der Waals surface area contributed by atoms with Crippen LogP contribution < -0.4 is 10.6 Å². The monoisotopic (exact) mass is 313 g/mol. The zero-order valence-electron chi connectivity index (χ0n) is 13.6. The molecule has 3 nitrogen and oxygen atoms in total. The lowest BCUT2D eigenvalue weighted by atomic mass is 9.99. The third-order valence-electron chi connectivity index (χ3n) is 3.80. The van der Waals surface area contributed by atoms with Crippen LogP contribution in [-0.2, 0) is 0 Å². The molecule has 0 radical (unpaired) electrons. The van der Waals surface area contributed by atoms with Crippen LogP contribution in [-0.4, -0.2) is 10.1 Å². The van der Waals surface area contributed by atoms with Crippen molar-refractivity contribution < 1.29 is 0 Å². The third kappa shape index (κ3) is 4.28. The lowest BCUT2D eigenvalue weighted by Gasteiger charge is -2.20. The van der Waals surface area contributed by atoms with Gasteiger partial charge in [-0.1, -0.05) is 31.2 Å².